The molecule has 2 aromatic rings. The molecular weight excluding hydrogens is 365 g/mol. The number of benzene rings is 2. The zero-order valence-corrected chi connectivity index (χ0v) is 15.8. The van der Waals surface area contributed by atoms with Gasteiger partial charge in [-0.3, -0.25) is 9.00 Å². The molecule has 0 aliphatic heterocycles. The fourth-order valence-electron chi connectivity index (χ4n) is 2.16. The van der Waals surface area contributed by atoms with Crippen LogP contribution in [-0.2, 0) is 22.0 Å². The average Bonchev–Trinajstić information content (AvgIpc) is 2.56. The van der Waals surface area contributed by atoms with Crippen LogP contribution in [0.1, 0.15) is 19.4 Å². The van der Waals surface area contributed by atoms with Gasteiger partial charge in [0.25, 0.3) is 0 Å². The lowest BCUT2D eigenvalue weighted by Crippen LogP contribution is -2.46. The first-order valence-corrected chi connectivity index (χ1v) is 9.42. The molecule has 0 aliphatic carbocycles. The fourth-order valence-corrected chi connectivity index (χ4v) is 3.73. The molecule has 6 heteroatoms. The highest BCUT2D eigenvalue weighted by Gasteiger charge is 2.35. The second-order valence-corrected chi connectivity index (χ2v) is 8.70. The lowest BCUT2D eigenvalue weighted by atomic mass is 10.1. The summed E-state index contributed by atoms with van der Waals surface area (Å²) in [6, 6.07) is 14.2. The molecule has 128 valence electrons. The van der Waals surface area contributed by atoms with Crippen LogP contribution in [0.3, 0.4) is 0 Å². The predicted octanol–water partition coefficient (Wildman–Crippen LogP) is 4.24. The van der Waals surface area contributed by atoms with Crippen molar-refractivity contribution in [1.82, 2.24) is 5.32 Å². The highest BCUT2D eigenvalue weighted by Crippen LogP contribution is 2.23. The molecular formula is C18H19Cl2NO2S. The number of hydrogen-bond acceptors (Lipinski definition) is 2. The van der Waals surface area contributed by atoms with Crippen LogP contribution in [0.4, 0.5) is 0 Å². The Morgan fingerprint density at radius 1 is 1.08 bits per heavy atom. The molecule has 0 saturated heterocycles. The van der Waals surface area contributed by atoms with Gasteiger partial charge in [-0.05, 0) is 56.2 Å². The van der Waals surface area contributed by atoms with Gasteiger partial charge in [0, 0.05) is 21.5 Å². The zero-order valence-electron chi connectivity index (χ0n) is 13.5. The Labute approximate surface area is 154 Å². The van der Waals surface area contributed by atoms with E-state index >= 15 is 0 Å². The van der Waals surface area contributed by atoms with E-state index in [9.17, 15) is 9.00 Å². The first kappa shape index (κ1) is 19.0. The Morgan fingerprint density at radius 3 is 2.33 bits per heavy atom. The van der Waals surface area contributed by atoms with E-state index < -0.39 is 15.5 Å². The summed E-state index contributed by atoms with van der Waals surface area (Å²) in [4.78, 5) is 13.0. The maximum Gasteiger partial charge on any atom is 0.238 e. The molecule has 1 N–H and O–H groups in total. The summed E-state index contributed by atoms with van der Waals surface area (Å²) in [6.07, 6.45) is 0.620. The number of carbonyl (C=O) groups is 1. The third-order valence-corrected chi connectivity index (χ3v) is 6.11. The van der Waals surface area contributed by atoms with Crippen LogP contribution in [0, 0.1) is 0 Å². The third kappa shape index (κ3) is 4.59. The molecule has 1 amide bonds. The molecule has 3 nitrogen and oxygen atoms in total. The molecule has 1 unspecified atom stereocenters. The van der Waals surface area contributed by atoms with Crippen LogP contribution in [0.25, 0.3) is 0 Å². The molecule has 0 fully saturated rings. The first-order chi connectivity index (χ1) is 11.3. The highest BCUT2D eigenvalue weighted by atomic mass is 35.5. The van der Waals surface area contributed by atoms with Gasteiger partial charge in [0.1, 0.15) is 4.75 Å². The van der Waals surface area contributed by atoms with Gasteiger partial charge in [0.05, 0.1) is 10.8 Å². The fraction of sp³-hybridized carbons (Fsp3) is 0.278. The zero-order chi connectivity index (χ0) is 17.7. The number of hydrogen-bond donors (Lipinski definition) is 1. The van der Waals surface area contributed by atoms with Crippen molar-refractivity contribution in [2.45, 2.75) is 29.9 Å². The van der Waals surface area contributed by atoms with Crippen molar-refractivity contribution < 1.29 is 9.00 Å². The number of amides is 1. The van der Waals surface area contributed by atoms with Crippen molar-refractivity contribution in [2.75, 3.05) is 6.54 Å². The molecule has 0 radical (unpaired) electrons. The van der Waals surface area contributed by atoms with Crippen LogP contribution in [0.15, 0.2) is 53.4 Å². The van der Waals surface area contributed by atoms with Crippen molar-refractivity contribution in [3.63, 3.8) is 0 Å². The molecule has 0 aliphatic rings. The topological polar surface area (TPSA) is 46.2 Å². The van der Waals surface area contributed by atoms with Gasteiger partial charge in [-0.2, -0.15) is 0 Å². The maximum absolute atomic E-state index is 12.7. The Morgan fingerprint density at radius 2 is 1.71 bits per heavy atom. The van der Waals surface area contributed by atoms with Gasteiger partial charge < -0.3 is 5.32 Å². The normalized spacial score (nSPS) is 12.7. The van der Waals surface area contributed by atoms with Gasteiger partial charge in [-0.15, -0.1) is 0 Å². The van der Waals surface area contributed by atoms with E-state index in [2.05, 4.69) is 5.32 Å². The summed E-state index contributed by atoms with van der Waals surface area (Å²) >= 11 is 11.9. The number of rotatable bonds is 6. The average molecular weight is 384 g/mol. The summed E-state index contributed by atoms with van der Waals surface area (Å²) in [6.45, 7) is 3.77. The Kier molecular flexibility index (Phi) is 6.44. The van der Waals surface area contributed by atoms with Crippen LogP contribution in [-0.4, -0.2) is 21.4 Å². The minimum absolute atomic E-state index is 0.261. The van der Waals surface area contributed by atoms with E-state index in [0.29, 0.717) is 27.9 Å². The van der Waals surface area contributed by atoms with Gasteiger partial charge in [-0.1, -0.05) is 41.4 Å². The van der Waals surface area contributed by atoms with E-state index in [0.717, 1.165) is 5.56 Å². The monoisotopic (exact) mass is 383 g/mol. The minimum atomic E-state index is -1.48. The number of nitrogens with one attached hydrogen (secondary N) is 1. The van der Waals surface area contributed by atoms with E-state index in [4.69, 9.17) is 23.2 Å². The number of carbonyl (C=O) groups excluding carboxylic acids is 1. The second-order valence-electron chi connectivity index (χ2n) is 5.83. The molecule has 0 spiro atoms. The van der Waals surface area contributed by atoms with Gasteiger partial charge in [0.15, 0.2) is 0 Å². The molecule has 0 heterocycles. The van der Waals surface area contributed by atoms with Crippen molar-refractivity contribution >= 4 is 39.9 Å². The molecule has 1 atom stereocenters. The molecule has 2 rings (SSSR count). The second kappa shape index (κ2) is 8.15. The predicted molar refractivity (Wildman–Crippen MR) is 100 cm³/mol. The summed E-state index contributed by atoms with van der Waals surface area (Å²) in [5, 5.41) is 4.09. The van der Waals surface area contributed by atoms with Gasteiger partial charge in [-0.25, -0.2) is 0 Å². The summed E-state index contributed by atoms with van der Waals surface area (Å²) in [7, 11) is -1.48. The van der Waals surface area contributed by atoms with Crippen molar-refractivity contribution in [3.05, 3.63) is 64.1 Å². The Bertz CT molecular complexity index is 745. The van der Waals surface area contributed by atoms with Crippen LogP contribution in [0.2, 0.25) is 10.0 Å². The van der Waals surface area contributed by atoms with E-state index in [1.807, 2.05) is 24.3 Å². The first-order valence-electron chi connectivity index (χ1n) is 7.51. The van der Waals surface area contributed by atoms with E-state index in [1.54, 1.807) is 38.1 Å². The molecule has 0 bridgehead atoms. The standard InChI is InChI=1S/C18H19Cl2NO2S/c1-18(2,24(23)15-9-7-14(19)8-10-15)17(22)21-12-11-13-5-3-4-6-16(13)20/h3-10H,11-12H2,1-2H3,(H,21,22). The highest BCUT2D eigenvalue weighted by molar-refractivity contribution is 7.87. The van der Waals surface area contributed by atoms with Crippen molar-refractivity contribution in [3.8, 4) is 0 Å². The van der Waals surface area contributed by atoms with Gasteiger partial charge >= 0.3 is 0 Å². The lowest BCUT2D eigenvalue weighted by molar-refractivity contribution is -0.122. The Balaban J connectivity index is 1.98. The van der Waals surface area contributed by atoms with E-state index in [-0.39, 0.29) is 5.91 Å². The van der Waals surface area contributed by atoms with Crippen LogP contribution in [0.5, 0.6) is 0 Å². The molecule has 0 saturated carbocycles. The lowest BCUT2D eigenvalue weighted by Gasteiger charge is -2.23. The SMILES string of the molecule is CC(C)(C(=O)NCCc1ccccc1Cl)S(=O)c1ccc(Cl)cc1. The molecule has 0 aromatic heterocycles. The van der Waals surface area contributed by atoms with Crippen LogP contribution >= 0.6 is 23.2 Å². The van der Waals surface area contributed by atoms with Crippen LogP contribution < -0.4 is 5.32 Å². The quantitative estimate of drug-likeness (QED) is 0.810. The number of halogens is 2. The summed E-state index contributed by atoms with van der Waals surface area (Å²) in [5.41, 5.74) is 0.969. The molecule has 2 aromatic carbocycles. The third-order valence-electron chi connectivity index (χ3n) is 3.68. The summed E-state index contributed by atoms with van der Waals surface area (Å²) < 4.78 is 11.6. The maximum atomic E-state index is 12.7. The molecule has 24 heavy (non-hydrogen) atoms. The largest absolute Gasteiger partial charge is 0.354 e. The van der Waals surface area contributed by atoms with Gasteiger partial charge in [0.2, 0.25) is 5.91 Å². The van der Waals surface area contributed by atoms with Crippen molar-refractivity contribution in [1.29, 1.82) is 0 Å². The smallest absolute Gasteiger partial charge is 0.238 e. The summed E-state index contributed by atoms with van der Waals surface area (Å²) in [5.74, 6) is -0.261. The minimum Gasteiger partial charge on any atom is -0.354 e. The van der Waals surface area contributed by atoms with Crippen molar-refractivity contribution in [2.24, 2.45) is 0 Å². The van der Waals surface area contributed by atoms with E-state index in [1.165, 1.54) is 0 Å². The Hall–Kier alpha value is -1.36.